The smallest absolute Gasteiger partial charge is 0.337 e. The fourth-order valence-electron chi connectivity index (χ4n) is 2.94. The van der Waals surface area contributed by atoms with Gasteiger partial charge in [0.25, 0.3) is 0 Å². The van der Waals surface area contributed by atoms with Crippen LogP contribution in [0.4, 0.5) is 0 Å². The molecule has 0 amide bonds. The molecule has 0 unspecified atom stereocenters. The van der Waals surface area contributed by atoms with E-state index < -0.39 is 12.1 Å². The normalized spacial score (nSPS) is 19.0. The lowest BCUT2D eigenvalue weighted by atomic mass is 9.90. The predicted molar refractivity (Wildman–Crippen MR) is 103 cm³/mol. The molecule has 2 aromatic rings. The van der Waals surface area contributed by atoms with Gasteiger partial charge in [-0.2, -0.15) is 0 Å². The Labute approximate surface area is 154 Å². The fourth-order valence-corrected chi connectivity index (χ4v) is 2.94. The standard InChI is InChI=1S/C23H22O3/c1-3-25-23(24)17(2)22-21(19-12-8-5-9-13-19)16-20(26-22)15-14-18-10-6-4-7-11-18/h4-16,21-22H,2-3H2,1H3/b15-14+/t21-,22-/m1/s1. The first-order valence-electron chi connectivity index (χ1n) is 8.71. The van der Waals surface area contributed by atoms with Crippen LogP contribution in [0, 0.1) is 0 Å². The van der Waals surface area contributed by atoms with E-state index in [0.717, 1.165) is 16.9 Å². The van der Waals surface area contributed by atoms with Crippen molar-refractivity contribution in [2.45, 2.75) is 18.9 Å². The van der Waals surface area contributed by atoms with Crippen molar-refractivity contribution in [2.75, 3.05) is 6.61 Å². The number of ether oxygens (including phenoxy) is 2. The third kappa shape index (κ3) is 4.12. The van der Waals surface area contributed by atoms with E-state index in [1.807, 2.05) is 78.9 Å². The Hall–Kier alpha value is -3.07. The van der Waals surface area contributed by atoms with Gasteiger partial charge >= 0.3 is 5.97 Å². The lowest BCUT2D eigenvalue weighted by molar-refractivity contribution is -0.139. The van der Waals surface area contributed by atoms with Gasteiger partial charge in [0.2, 0.25) is 0 Å². The number of carbonyl (C=O) groups excluding carboxylic acids is 1. The van der Waals surface area contributed by atoms with Gasteiger partial charge in [-0.1, -0.05) is 73.3 Å². The maximum Gasteiger partial charge on any atom is 0.337 e. The highest BCUT2D eigenvalue weighted by Gasteiger charge is 2.35. The van der Waals surface area contributed by atoms with Crippen LogP contribution in [0.2, 0.25) is 0 Å². The van der Waals surface area contributed by atoms with E-state index in [2.05, 4.69) is 6.58 Å². The quantitative estimate of drug-likeness (QED) is 0.552. The minimum Gasteiger partial charge on any atom is -0.485 e. The van der Waals surface area contributed by atoms with Crippen molar-refractivity contribution in [3.8, 4) is 0 Å². The second kappa shape index (κ2) is 8.34. The number of rotatable bonds is 6. The molecule has 0 radical (unpaired) electrons. The van der Waals surface area contributed by atoms with Gasteiger partial charge < -0.3 is 9.47 Å². The summed E-state index contributed by atoms with van der Waals surface area (Å²) < 4.78 is 11.2. The van der Waals surface area contributed by atoms with E-state index >= 15 is 0 Å². The van der Waals surface area contributed by atoms with Crippen LogP contribution in [0.5, 0.6) is 0 Å². The number of esters is 1. The minimum absolute atomic E-state index is 0.0801. The van der Waals surface area contributed by atoms with Crippen LogP contribution in [0.1, 0.15) is 24.0 Å². The van der Waals surface area contributed by atoms with Gasteiger partial charge in [0.1, 0.15) is 11.9 Å². The SMILES string of the molecule is C=C(C(=O)OCC)[C@H]1OC(/C=C/c2ccccc2)=C[C@@H]1c1ccccc1. The Balaban J connectivity index is 1.85. The molecule has 2 atom stereocenters. The topological polar surface area (TPSA) is 35.5 Å². The Kier molecular flexibility index (Phi) is 5.69. The van der Waals surface area contributed by atoms with Crippen LogP contribution < -0.4 is 0 Å². The highest BCUT2D eigenvalue weighted by molar-refractivity contribution is 5.89. The van der Waals surface area contributed by atoms with Crippen molar-refractivity contribution in [3.63, 3.8) is 0 Å². The summed E-state index contributed by atoms with van der Waals surface area (Å²) in [5, 5.41) is 0. The fraction of sp³-hybridized carbons (Fsp3) is 0.174. The van der Waals surface area contributed by atoms with Crippen LogP contribution in [-0.2, 0) is 14.3 Å². The number of hydrogen-bond donors (Lipinski definition) is 0. The zero-order chi connectivity index (χ0) is 18.4. The van der Waals surface area contributed by atoms with Crippen molar-refractivity contribution in [3.05, 3.63) is 102 Å². The second-order valence-corrected chi connectivity index (χ2v) is 6.03. The molecular weight excluding hydrogens is 324 g/mol. The van der Waals surface area contributed by atoms with Crippen LogP contribution >= 0.6 is 0 Å². The molecule has 1 heterocycles. The summed E-state index contributed by atoms with van der Waals surface area (Å²) in [6.45, 7) is 6.02. The molecule has 0 saturated heterocycles. The molecule has 0 saturated carbocycles. The summed E-state index contributed by atoms with van der Waals surface area (Å²) in [5.74, 6) is 0.224. The Bertz CT molecular complexity index is 819. The van der Waals surface area contributed by atoms with Gasteiger partial charge in [0.05, 0.1) is 12.2 Å². The van der Waals surface area contributed by atoms with Crippen molar-refractivity contribution in [1.29, 1.82) is 0 Å². The monoisotopic (exact) mass is 346 g/mol. The van der Waals surface area contributed by atoms with Crippen LogP contribution in [0.25, 0.3) is 6.08 Å². The van der Waals surface area contributed by atoms with Gasteiger partial charge in [-0.3, -0.25) is 0 Å². The van der Waals surface area contributed by atoms with Gasteiger partial charge in [0.15, 0.2) is 0 Å². The third-order valence-electron chi connectivity index (χ3n) is 4.24. The second-order valence-electron chi connectivity index (χ2n) is 6.03. The molecule has 0 spiro atoms. The van der Waals surface area contributed by atoms with Gasteiger partial charge in [-0.25, -0.2) is 4.79 Å². The average molecular weight is 346 g/mol. The molecule has 0 N–H and O–H groups in total. The molecule has 1 aliphatic heterocycles. The van der Waals surface area contributed by atoms with E-state index in [1.165, 1.54) is 0 Å². The summed E-state index contributed by atoms with van der Waals surface area (Å²) in [6, 6.07) is 20.0. The summed E-state index contributed by atoms with van der Waals surface area (Å²) in [5.41, 5.74) is 2.49. The first kappa shape index (κ1) is 17.7. The average Bonchev–Trinajstić information content (AvgIpc) is 3.12. The lowest BCUT2D eigenvalue weighted by Gasteiger charge is -2.20. The number of carbonyl (C=O) groups is 1. The number of benzene rings is 2. The number of allylic oxidation sites excluding steroid dienone is 1. The van der Waals surface area contributed by atoms with Crippen molar-refractivity contribution >= 4 is 12.0 Å². The Morgan fingerprint density at radius 3 is 2.38 bits per heavy atom. The molecule has 1 aliphatic rings. The Morgan fingerprint density at radius 1 is 1.08 bits per heavy atom. The van der Waals surface area contributed by atoms with Gasteiger partial charge in [-0.15, -0.1) is 0 Å². The van der Waals surface area contributed by atoms with E-state index in [4.69, 9.17) is 9.47 Å². The van der Waals surface area contributed by atoms with E-state index in [1.54, 1.807) is 6.92 Å². The lowest BCUT2D eigenvalue weighted by Crippen LogP contribution is -2.24. The first-order valence-corrected chi connectivity index (χ1v) is 8.71. The molecular formula is C23H22O3. The first-order chi connectivity index (χ1) is 12.7. The van der Waals surface area contributed by atoms with Crippen molar-refractivity contribution in [1.82, 2.24) is 0 Å². The van der Waals surface area contributed by atoms with Gasteiger partial charge in [0, 0.05) is 5.92 Å². The molecule has 0 fully saturated rings. The highest BCUT2D eigenvalue weighted by Crippen LogP contribution is 2.36. The summed E-state index contributed by atoms with van der Waals surface area (Å²) in [4.78, 5) is 12.2. The van der Waals surface area contributed by atoms with Crippen molar-refractivity contribution in [2.24, 2.45) is 0 Å². The molecule has 132 valence electrons. The van der Waals surface area contributed by atoms with Crippen LogP contribution in [0.15, 0.2) is 90.7 Å². The maximum atomic E-state index is 12.2. The summed E-state index contributed by atoms with van der Waals surface area (Å²) in [7, 11) is 0. The largest absolute Gasteiger partial charge is 0.485 e. The summed E-state index contributed by atoms with van der Waals surface area (Å²) >= 11 is 0. The van der Waals surface area contributed by atoms with E-state index in [9.17, 15) is 4.79 Å². The van der Waals surface area contributed by atoms with Crippen molar-refractivity contribution < 1.29 is 14.3 Å². The van der Waals surface area contributed by atoms with Crippen LogP contribution in [0.3, 0.4) is 0 Å². The molecule has 3 heteroatoms. The van der Waals surface area contributed by atoms with Crippen LogP contribution in [-0.4, -0.2) is 18.7 Å². The Morgan fingerprint density at radius 2 is 1.73 bits per heavy atom. The van der Waals surface area contributed by atoms with E-state index in [-0.39, 0.29) is 5.92 Å². The molecule has 3 rings (SSSR count). The zero-order valence-electron chi connectivity index (χ0n) is 14.8. The molecule has 2 aromatic carbocycles. The minimum atomic E-state index is -0.466. The highest BCUT2D eigenvalue weighted by atomic mass is 16.5. The van der Waals surface area contributed by atoms with E-state index in [0.29, 0.717) is 12.2 Å². The number of hydrogen-bond acceptors (Lipinski definition) is 3. The molecule has 0 aromatic heterocycles. The predicted octanol–water partition coefficient (Wildman–Crippen LogP) is 4.89. The molecule has 26 heavy (non-hydrogen) atoms. The zero-order valence-corrected chi connectivity index (χ0v) is 14.8. The summed E-state index contributed by atoms with van der Waals surface area (Å²) in [6.07, 6.45) is 5.48. The molecule has 0 bridgehead atoms. The maximum absolute atomic E-state index is 12.2. The molecule has 3 nitrogen and oxygen atoms in total. The van der Waals surface area contributed by atoms with Gasteiger partial charge in [-0.05, 0) is 30.2 Å². The molecule has 0 aliphatic carbocycles. The third-order valence-corrected chi connectivity index (χ3v) is 4.24.